The fourth-order valence-corrected chi connectivity index (χ4v) is 4.32. The van der Waals surface area contributed by atoms with E-state index in [4.69, 9.17) is 24.1 Å². The number of carbonyl (C=O) groups excluding carboxylic acids is 3. The number of nitrogens with one attached hydrogen (secondary N) is 1. The van der Waals surface area contributed by atoms with Crippen molar-refractivity contribution in [2.24, 2.45) is 0 Å². The lowest BCUT2D eigenvalue weighted by molar-refractivity contribution is -0.116. The van der Waals surface area contributed by atoms with Crippen molar-refractivity contribution in [3.63, 3.8) is 0 Å². The smallest absolute Gasteiger partial charge is 0.443 e. The Hall–Kier alpha value is -4.24. The Morgan fingerprint density at radius 1 is 0.911 bits per heavy atom. The number of rotatable bonds is 4. The fraction of sp³-hybridized carbons (Fsp3) is 0.414. The van der Waals surface area contributed by atoms with Crippen LogP contribution in [-0.2, 0) is 23.6 Å². The van der Waals surface area contributed by atoms with Crippen molar-refractivity contribution >= 4 is 66.0 Å². The molecule has 1 aliphatic heterocycles. The van der Waals surface area contributed by atoms with Crippen LogP contribution in [0.5, 0.6) is 0 Å². The number of imidazole rings is 2. The summed E-state index contributed by atoms with van der Waals surface area (Å²) >= 11 is 0. The molecule has 45 heavy (non-hydrogen) atoms. The lowest BCUT2D eigenvalue weighted by atomic mass is 9.80. The SMILES string of the molecule is CC(=O)N(C(=O)OC(C)(C)C)c1cn2cc(B3OC(C)(C)C(C)(C)O3)ccc2n1.CC(=O)Nc1cn2cc(B(O)O)ccc2n1. The molecule has 16 heteroatoms. The van der Waals surface area contributed by atoms with Crippen LogP contribution < -0.4 is 21.1 Å². The molecule has 3 amide bonds. The van der Waals surface area contributed by atoms with E-state index in [1.165, 1.54) is 20.0 Å². The number of imide groups is 1. The van der Waals surface area contributed by atoms with E-state index >= 15 is 0 Å². The summed E-state index contributed by atoms with van der Waals surface area (Å²) in [4.78, 5) is 44.9. The molecule has 1 aliphatic rings. The van der Waals surface area contributed by atoms with E-state index in [-0.39, 0.29) is 11.7 Å². The quantitative estimate of drug-likeness (QED) is 0.287. The zero-order valence-corrected chi connectivity index (χ0v) is 26.9. The minimum absolute atomic E-state index is 0.192. The molecule has 0 bridgehead atoms. The summed E-state index contributed by atoms with van der Waals surface area (Å²) in [6.07, 6.45) is 5.80. The standard InChI is InChI=1S/C20H28BN3O5.C9H10BN3O3/c1-13(25)24(17(26)27-18(2,3)4)16-12-23-11-14(9-10-15(23)22-16)21-28-19(5,6)20(7,8)29-21;1-6(14)11-8-5-13-4-7(10(15)16)2-3-9(13)12-8/h9-12H,1-8H3;2-5,15-16H,1H3,(H,11,14). The van der Waals surface area contributed by atoms with Gasteiger partial charge in [-0.05, 0) is 71.5 Å². The summed E-state index contributed by atoms with van der Waals surface area (Å²) in [6.45, 7) is 15.9. The van der Waals surface area contributed by atoms with Gasteiger partial charge in [0.15, 0.2) is 11.6 Å². The summed E-state index contributed by atoms with van der Waals surface area (Å²) in [7, 11) is -2.04. The normalized spacial score (nSPS) is 15.4. The van der Waals surface area contributed by atoms with E-state index in [2.05, 4.69) is 15.3 Å². The number of aromatic nitrogens is 4. The van der Waals surface area contributed by atoms with Gasteiger partial charge in [0, 0.05) is 26.2 Å². The third-order valence-corrected chi connectivity index (χ3v) is 7.18. The van der Waals surface area contributed by atoms with E-state index in [1.54, 1.807) is 60.2 Å². The van der Waals surface area contributed by atoms with Gasteiger partial charge in [-0.2, -0.15) is 4.90 Å². The van der Waals surface area contributed by atoms with Gasteiger partial charge in [-0.3, -0.25) is 9.59 Å². The minimum Gasteiger partial charge on any atom is -0.443 e. The maximum absolute atomic E-state index is 12.5. The summed E-state index contributed by atoms with van der Waals surface area (Å²) in [5.74, 6) is -0.0606. The highest BCUT2D eigenvalue weighted by molar-refractivity contribution is 6.62. The molecule has 5 rings (SSSR count). The molecule has 3 N–H and O–H groups in total. The third kappa shape index (κ3) is 7.71. The van der Waals surface area contributed by atoms with Crippen molar-refractivity contribution in [1.29, 1.82) is 0 Å². The van der Waals surface area contributed by atoms with E-state index in [0.717, 1.165) is 10.4 Å². The van der Waals surface area contributed by atoms with Crippen LogP contribution >= 0.6 is 0 Å². The van der Waals surface area contributed by atoms with Crippen LogP contribution in [0.25, 0.3) is 11.3 Å². The van der Waals surface area contributed by atoms with Crippen LogP contribution in [0.4, 0.5) is 16.4 Å². The maximum Gasteiger partial charge on any atom is 0.496 e. The Labute approximate surface area is 261 Å². The monoisotopic (exact) mass is 620 g/mol. The van der Waals surface area contributed by atoms with Gasteiger partial charge in [0.2, 0.25) is 11.8 Å². The van der Waals surface area contributed by atoms with Crippen molar-refractivity contribution in [2.75, 3.05) is 10.2 Å². The lowest BCUT2D eigenvalue weighted by Gasteiger charge is -2.32. The van der Waals surface area contributed by atoms with Gasteiger partial charge in [0.05, 0.1) is 23.6 Å². The first-order valence-electron chi connectivity index (χ1n) is 14.3. The zero-order valence-electron chi connectivity index (χ0n) is 26.9. The number of hydrogen-bond acceptors (Lipinski definition) is 10. The number of amides is 3. The Bertz CT molecular complexity index is 1730. The number of pyridine rings is 2. The van der Waals surface area contributed by atoms with Crippen LogP contribution in [0, 0.1) is 0 Å². The second-order valence-electron chi connectivity index (χ2n) is 12.7. The van der Waals surface area contributed by atoms with E-state index < -0.39 is 43.0 Å². The van der Waals surface area contributed by atoms with Gasteiger partial charge in [-0.1, -0.05) is 12.1 Å². The molecule has 4 aromatic rings. The Morgan fingerprint density at radius 2 is 1.49 bits per heavy atom. The van der Waals surface area contributed by atoms with Crippen LogP contribution in [0.1, 0.15) is 62.3 Å². The average molecular weight is 620 g/mol. The predicted octanol–water partition coefficient (Wildman–Crippen LogP) is 1.89. The second-order valence-corrected chi connectivity index (χ2v) is 12.7. The molecule has 0 aliphatic carbocycles. The van der Waals surface area contributed by atoms with Crippen molar-refractivity contribution in [3.05, 3.63) is 49.1 Å². The highest BCUT2D eigenvalue weighted by Crippen LogP contribution is 2.36. The Balaban J connectivity index is 0.000000242. The number of nitrogens with zero attached hydrogens (tertiary/aromatic N) is 5. The molecular weight excluding hydrogens is 582 g/mol. The minimum atomic E-state index is -1.52. The highest BCUT2D eigenvalue weighted by atomic mass is 16.7. The molecule has 0 aromatic carbocycles. The molecule has 0 atom stereocenters. The first-order chi connectivity index (χ1) is 20.8. The van der Waals surface area contributed by atoms with Gasteiger partial charge < -0.3 is 38.2 Å². The summed E-state index contributed by atoms with van der Waals surface area (Å²) in [5.41, 5.74) is 0.742. The first-order valence-corrected chi connectivity index (χ1v) is 14.3. The molecule has 238 valence electrons. The molecule has 0 unspecified atom stereocenters. The van der Waals surface area contributed by atoms with E-state index in [0.29, 0.717) is 22.6 Å². The van der Waals surface area contributed by atoms with Crippen LogP contribution in [0.3, 0.4) is 0 Å². The summed E-state index contributed by atoms with van der Waals surface area (Å²) in [6, 6.07) is 6.85. The van der Waals surface area contributed by atoms with Gasteiger partial charge in [0.1, 0.15) is 16.9 Å². The molecule has 4 aromatic heterocycles. The molecule has 0 radical (unpaired) electrons. The Morgan fingerprint density at radius 3 is 2.04 bits per heavy atom. The van der Waals surface area contributed by atoms with Crippen molar-refractivity contribution in [2.45, 2.75) is 79.1 Å². The molecule has 0 spiro atoms. The number of hydrogen-bond donors (Lipinski definition) is 3. The van der Waals surface area contributed by atoms with Crippen molar-refractivity contribution in [1.82, 2.24) is 18.8 Å². The molecule has 0 saturated carbocycles. The van der Waals surface area contributed by atoms with E-state index in [9.17, 15) is 14.4 Å². The summed E-state index contributed by atoms with van der Waals surface area (Å²) < 4.78 is 20.9. The largest absolute Gasteiger partial charge is 0.496 e. The van der Waals surface area contributed by atoms with Crippen molar-refractivity contribution < 1.29 is 38.5 Å². The maximum atomic E-state index is 12.5. The fourth-order valence-electron chi connectivity index (χ4n) is 4.32. The molecular formula is C29H38B2N6O8. The number of ether oxygens (including phenoxy) is 1. The molecule has 5 heterocycles. The number of anilines is 2. The second kappa shape index (κ2) is 12.3. The molecule has 1 saturated heterocycles. The average Bonchev–Trinajstić information content (AvgIpc) is 3.54. The van der Waals surface area contributed by atoms with Gasteiger partial charge >= 0.3 is 20.3 Å². The van der Waals surface area contributed by atoms with Crippen LogP contribution in [0.2, 0.25) is 0 Å². The lowest BCUT2D eigenvalue weighted by Crippen LogP contribution is -2.41. The van der Waals surface area contributed by atoms with Gasteiger partial charge in [0.25, 0.3) is 0 Å². The predicted molar refractivity (Wildman–Crippen MR) is 170 cm³/mol. The zero-order chi connectivity index (χ0) is 33.5. The first kappa shape index (κ1) is 33.6. The van der Waals surface area contributed by atoms with Gasteiger partial charge in [-0.15, -0.1) is 0 Å². The van der Waals surface area contributed by atoms with Crippen LogP contribution in [-0.4, -0.2) is 77.8 Å². The topological polar surface area (TPSA) is 169 Å². The molecule has 14 nitrogen and oxygen atoms in total. The highest BCUT2D eigenvalue weighted by Gasteiger charge is 2.51. The van der Waals surface area contributed by atoms with Crippen LogP contribution in [0.15, 0.2) is 49.1 Å². The molecule has 1 fully saturated rings. The third-order valence-electron chi connectivity index (χ3n) is 7.18. The number of carbonyl (C=O) groups is 3. The number of fused-ring (bicyclic) bond motifs is 2. The van der Waals surface area contributed by atoms with Gasteiger partial charge in [-0.25, -0.2) is 14.8 Å². The van der Waals surface area contributed by atoms with E-state index in [1.807, 2.05) is 40.0 Å². The Kier molecular flexibility index (Phi) is 9.18. The summed E-state index contributed by atoms with van der Waals surface area (Å²) in [5, 5.41) is 20.5. The van der Waals surface area contributed by atoms with Crippen molar-refractivity contribution in [3.8, 4) is 0 Å².